The lowest BCUT2D eigenvalue weighted by Crippen LogP contribution is -2.50. The molecular formula is C27H42N2O10. The van der Waals surface area contributed by atoms with Gasteiger partial charge in [-0.25, -0.2) is 0 Å². The van der Waals surface area contributed by atoms with E-state index in [2.05, 4.69) is 17.6 Å². The number of hydrogen-bond acceptors (Lipinski definition) is 10. The summed E-state index contributed by atoms with van der Waals surface area (Å²) in [5.41, 5.74) is 1.31. The van der Waals surface area contributed by atoms with E-state index in [0.29, 0.717) is 30.2 Å². The first-order chi connectivity index (χ1) is 18.7. The molecule has 1 saturated heterocycles. The number of epoxide rings is 1. The van der Waals surface area contributed by atoms with E-state index in [9.17, 15) is 14.4 Å². The maximum absolute atomic E-state index is 12.2. The molecule has 12 nitrogen and oxygen atoms in total. The summed E-state index contributed by atoms with van der Waals surface area (Å²) in [5, 5.41) is 21.0. The largest absolute Gasteiger partial charge is 0.492 e. The number of benzene rings is 1. The van der Waals surface area contributed by atoms with Gasteiger partial charge in [0.25, 0.3) is 0 Å². The first-order valence-electron chi connectivity index (χ1n) is 13.0. The molecule has 1 aliphatic carbocycles. The lowest BCUT2D eigenvalue weighted by Gasteiger charge is -2.25. The predicted octanol–water partition coefficient (Wildman–Crippen LogP) is 0.760. The highest BCUT2D eigenvalue weighted by Gasteiger charge is 2.54. The summed E-state index contributed by atoms with van der Waals surface area (Å²) in [6.45, 7) is 5.99. The van der Waals surface area contributed by atoms with Gasteiger partial charge in [-0.15, -0.1) is 0 Å². The molecule has 0 saturated carbocycles. The molecule has 0 radical (unpaired) electrons. The summed E-state index contributed by atoms with van der Waals surface area (Å²) in [4.78, 5) is 33.9. The Morgan fingerprint density at radius 1 is 1.13 bits per heavy atom. The minimum atomic E-state index is -1.15. The Bertz CT molecular complexity index is 994. The molecular weight excluding hydrogens is 512 g/mol. The molecule has 2 heterocycles. The van der Waals surface area contributed by atoms with Crippen LogP contribution in [0.4, 0.5) is 0 Å². The van der Waals surface area contributed by atoms with Crippen molar-refractivity contribution in [2.24, 2.45) is 11.8 Å². The zero-order chi connectivity index (χ0) is 29.2. The summed E-state index contributed by atoms with van der Waals surface area (Å²) in [6, 6.07) is -0.712. The Balaban J connectivity index is 0.000000257. The van der Waals surface area contributed by atoms with Crippen LogP contribution >= 0.6 is 0 Å². The van der Waals surface area contributed by atoms with Gasteiger partial charge in [0.15, 0.2) is 22.9 Å². The molecule has 39 heavy (non-hydrogen) atoms. The van der Waals surface area contributed by atoms with Crippen molar-refractivity contribution in [1.82, 2.24) is 10.6 Å². The summed E-state index contributed by atoms with van der Waals surface area (Å²) in [6.07, 6.45) is 4.06. The van der Waals surface area contributed by atoms with E-state index in [-0.39, 0.29) is 38.3 Å². The number of aliphatic hydroxyl groups is 2. The average molecular weight is 555 g/mol. The van der Waals surface area contributed by atoms with Crippen molar-refractivity contribution < 1.29 is 48.3 Å². The Hall–Kier alpha value is -3.09. The number of fused-ring (bicyclic) bond motifs is 3. The SMILES string of the molecule is CC(C)CC(NC(=O)CNC=O)C(=O)C1(CO)CO1.CO.COc1c2c(c3c(c1OC)OCO3)CC(C)CC2. The zero-order valence-electron chi connectivity index (χ0n) is 23.6. The molecule has 12 heteroatoms. The standard InChI is InChI=1S/C14H18O4.C12H20N2O5.CH4O/c1-8-4-5-9-10(6-8)12-14(18-7-17-12)13(16-3)11(9)15-2;1-8(2)3-9(14-10(17)4-13-7-16)11(18)12(5-15)6-19-12;1-2/h8H,4-7H2,1-3H3;7-9,15H,3-6H2,1-2H3,(H,13,16)(H,14,17);2H,1H3. The van der Waals surface area contributed by atoms with Crippen molar-refractivity contribution in [3.8, 4) is 23.0 Å². The van der Waals surface area contributed by atoms with Crippen LogP contribution in [-0.4, -0.2) is 87.8 Å². The lowest BCUT2D eigenvalue weighted by atomic mass is 9.83. The topological polar surface area (TPSA) is 165 Å². The number of ketones is 1. The second-order valence-corrected chi connectivity index (χ2v) is 9.99. The smallest absolute Gasteiger partial charge is 0.239 e. The van der Waals surface area contributed by atoms with Crippen LogP contribution in [0.3, 0.4) is 0 Å². The van der Waals surface area contributed by atoms with Crippen LogP contribution in [0.2, 0.25) is 0 Å². The minimum absolute atomic E-state index is 0.180. The number of nitrogens with one attached hydrogen (secondary N) is 2. The van der Waals surface area contributed by atoms with Gasteiger partial charge in [-0.05, 0) is 37.5 Å². The summed E-state index contributed by atoms with van der Waals surface area (Å²) in [5.74, 6) is 3.13. The molecule has 0 bridgehead atoms. The van der Waals surface area contributed by atoms with Crippen LogP contribution in [0.5, 0.6) is 23.0 Å². The average Bonchev–Trinajstić information content (AvgIpc) is 3.59. The minimum Gasteiger partial charge on any atom is -0.492 e. The Morgan fingerprint density at radius 3 is 2.31 bits per heavy atom. The summed E-state index contributed by atoms with van der Waals surface area (Å²) >= 11 is 0. The monoisotopic (exact) mass is 554 g/mol. The van der Waals surface area contributed by atoms with Gasteiger partial charge in [0.2, 0.25) is 30.6 Å². The molecule has 3 aliphatic rings. The van der Waals surface area contributed by atoms with Crippen LogP contribution < -0.4 is 29.6 Å². The number of carbonyl (C=O) groups is 3. The van der Waals surface area contributed by atoms with E-state index in [1.54, 1.807) is 14.2 Å². The van der Waals surface area contributed by atoms with Crippen molar-refractivity contribution >= 4 is 18.1 Å². The van der Waals surface area contributed by atoms with Gasteiger partial charge in [-0.2, -0.15) is 0 Å². The fourth-order valence-electron chi connectivity index (χ4n) is 4.71. The second-order valence-electron chi connectivity index (χ2n) is 9.99. The Labute approximate surface area is 229 Å². The fourth-order valence-corrected chi connectivity index (χ4v) is 4.71. The Morgan fingerprint density at radius 2 is 1.77 bits per heavy atom. The molecule has 0 aromatic heterocycles. The third kappa shape index (κ3) is 7.74. The highest BCUT2D eigenvalue weighted by Crippen LogP contribution is 2.54. The molecule has 1 aromatic rings. The zero-order valence-corrected chi connectivity index (χ0v) is 23.6. The van der Waals surface area contributed by atoms with E-state index in [4.69, 9.17) is 33.9 Å². The van der Waals surface area contributed by atoms with Gasteiger partial charge in [-0.1, -0.05) is 20.8 Å². The number of hydrogen-bond donors (Lipinski definition) is 4. The summed E-state index contributed by atoms with van der Waals surface area (Å²) < 4.78 is 27.2. The highest BCUT2D eigenvalue weighted by atomic mass is 16.7. The van der Waals surface area contributed by atoms with Crippen LogP contribution in [-0.2, 0) is 32.0 Å². The number of aliphatic hydroxyl groups excluding tert-OH is 2. The molecule has 1 fully saturated rings. The van der Waals surface area contributed by atoms with Crippen molar-refractivity contribution in [3.63, 3.8) is 0 Å². The van der Waals surface area contributed by atoms with Crippen LogP contribution in [0.15, 0.2) is 0 Å². The molecule has 3 unspecified atom stereocenters. The predicted molar refractivity (Wildman–Crippen MR) is 141 cm³/mol. The van der Waals surface area contributed by atoms with Crippen LogP contribution in [0, 0.1) is 11.8 Å². The number of ether oxygens (including phenoxy) is 5. The van der Waals surface area contributed by atoms with E-state index in [1.807, 2.05) is 13.8 Å². The molecule has 220 valence electrons. The van der Waals surface area contributed by atoms with Crippen molar-refractivity contribution in [1.29, 1.82) is 0 Å². The van der Waals surface area contributed by atoms with Crippen molar-refractivity contribution in [2.45, 2.75) is 58.1 Å². The first-order valence-corrected chi connectivity index (χ1v) is 13.0. The third-order valence-electron chi connectivity index (χ3n) is 6.69. The molecule has 4 rings (SSSR count). The van der Waals surface area contributed by atoms with Gasteiger partial charge in [0, 0.05) is 18.2 Å². The van der Waals surface area contributed by atoms with E-state index >= 15 is 0 Å². The first kappa shape index (κ1) is 32.1. The van der Waals surface area contributed by atoms with Crippen molar-refractivity contribution in [2.75, 3.05) is 47.9 Å². The van der Waals surface area contributed by atoms with Gasteiger partial charge in [-0.3, -0.25) is 14.4 Å². The lowest BCUT2D eigenvalue weighted by molar-refractivity contribution is -0.132. The van der Waals surface area contributed by atoms with Gasteiger partial charge in [0.05, 0.1) is 40.0 Å². The second kappa shape index (κ2) is 14.9. The normalized spacial score (nSPS) is 20.7. The highest BCUT2D eigenvalue weighted by molar-refractivity contribution is 5.97. The van der Waals surface area contributed by atoms with Crippen LogP contribution in [0.1, 0.15) is 44.7 Å². The number of methoxy groups -OCH3 is 2. The van der Waals surface area contributed by atoms with E-state index in [1.165, 1.54) is 17.5 Å². The third-order valence-corrected chi connectivity index (χ3v) is 6.69. The number of rotatable bonds is 11. The molecule has 4 N–H and O–H groups in total. The van der Waals surface area contributed by atoms with Crippen LogP contribution in [0.25, 0.3) is 0 Å². The molecule has 0 spiro atoms. The maximum Gasteiger partial charge on any atom is 0.239 e. The maximum atomic E-state index is 12.2. The van der Waals surface area contributed by atoms with Gasteiger partial charge < -0.3 is 44.5 Å². The molecule has 1 aromatic carbocycles. The Kier molecular flexibility index (Phi) is 12.3. The molecule has 2 amide bonds. The van der Waals surface area contributed by atoms with Crippen molar-refractivity contribution in [3.05, 3.63) is 11.1 Å². The van der Waals surface area contributed by atoms with E-state index < -0.39 is 17.6 Å². The van der Waals surface area contributed by atoms with E-state index in [0.717, 1.165) is 31.5 Å². The summed E-state index contributed by atoms with van der Waals surface area (Å²) in [7, 11) is 4.32. The molecule has 3 atom stereocenters. The fraction of sp³-hybridized carbons (Fsp3) is 0.667. The molecule has 2 aliphatic heterocycles. The van der Waals surface area contributed by atoms with Gasteiger partial charge in [0.1, 0.15) is 0 Å². The van der Waals surface area contributed by atoms with Gasteiger partial charge >= 0.3 is 0 Å². The number of Topliss-reactive ketones (excluding diaryl/α,β-unsaturated/α-hetero) is 1. The quantitative estimate of drug-likeness (QED) is 0.227. The number of carbonyl (C=O) groups excluding carboxylic acids is 3. The number of amides is 2.